The van der Waals surface area contributed by atoms with Crippen molar-refractivity contribution in [2.45, 2.75) is 25.8 Å². The number of hydrogen-bond donors (Lipinski definition) is 1. The van der Waals surface area contributed by atoms with Crippen LogP contribution < -0.4 is 10.2 Å². The molecule has 1 fully saturated rings. The summed E-state index contributed by atoms with van der Waals surface area (Å²) < 4.78 is 5.20. The first-order chi connectivity index (χ1) is 13.2. The summed E-state index contributed by atoms with van der Waals surface area (Å²) in [5.41, 5.74) is 2.74. The lowest BCUT2D eigenvalue weighted by molar-refractivity contribution is -0.120. The standard InChI is InChI=1S/C20H19N3O3S/c24-18(21-12-16-3-2-10-26-16)11-19-22-17(13-27-19)14-5-7-15(8-6-14)23-9-1-4-20(23)25/h2-3,5-8,10,13H,1,4,9,11-12H2,(H,21,24). The second kappa shape index (κ2) is 7.75. The Bertz CT molecular complexity index is 932. The first-order valence-corrected chi connectivity index (χ1v) is 9.71. The number of nitrogens with one attached hydrogen (secondary N) is 1. The molecule has 0 aliphatic carbocycles. The van der Waals surface area contributed by atoms with Crippen LogP contribution in [0.25, 0.3) is 11.3 Å². The number of carbonyl (C=O) groups is 2. The van der Waals surface area contributed by atoms with Gasteiger partial charge >= 0.3 is 0 Å². The van der Waals surface area contributed by atoms with Gasteiger partial charge in [-0.2, -0.15) is 0 Å². The number of furan rings is 1. The van der Waals surface area contributed by atoms with Gasteiger partial charge in [-0.15, -0.1) is 11.3 Å². The normalized spacial score (nSPS) is 13.9. The van der Waals surface area contributed by atoms with E-state index >= 15 is 0 Å². The maximum atomic E-state index is 12.1. The summed E-state index contributed by atoms with van der Waals surface area (Å²) in [6, 6.07) is 11.5. The predicted molar refractivity (Wildman–Crippen MR) is 103 cm³/mol. The molecule has 0 saturated carbocycles. The number of amides is 2. The van der Waals surface area contributed by atoms with E-state index in [1.165, 1.54) is 11.3 Å². The van der Waals surface area contributed by atoms with Crippen LogP contribution in [0, 0.1) is 0 Å². The van der Waals surface area contributed by atoms with Gasteiger partial charge in [0.2, 0.25) is 11.8 Å². The van der Waals surface area contributed by atoms with Crippen LogP contribution in [0.4, 0.5) is 5.69 Å². The monoisotopic (exact) mass is 381 g/mol. The predicted octanol–water partition coefficient (Wildman–Crippen LogP) is 3.39. The highest BCUT2D eigenvalue weighted by atomic mass is 32.1. The van der Waals surface area contributed by atoms with Crippen molar-refractivity contribution in [2.24, 2.45) is 0 Å². The van der Waals surface area contributed by atoms with E-state index in [1.54, 1.807) is 12.3 Å². The van der Waals surface area contributed by atoms with Gasteiger partial charge in [0.15, 0.2) is 0 Å². The molecule has 2 amide bonds. The molecule has 0 unspecified atom stereocenters. The summed E-state index contributed by atoms with van der Waals surface area (Å²) in [6.45, 7) is 1.16. The van der Waals surface area contributed by atoms with E-state index in [0.29, 0.717) is 13.0 Å². The van der Waals surface area contributed by atoms with Crippen molar-refractivity contribution in [3.8, 4) is 11.3 Å². The maximum Gasteiger partial charge on any atom is 0.227 e. The van der Waals surface area contributed by atoms with Crippen molar-refractivity contribution in [1.82, 2.24) is 10.3 Å². The van der Waals surface area contributed by atoms with Crippen molar-refractivity contribution in [3.63, 3.8) is 0 Å². The molecule has 138 valence electrons. The average molecular weight is 381 g/mol. The molecule has 2 aromatic heterocycles. The summed E-state index contributed by atoms with van der Waals surface area (Å²) in [6.07, 6.45) is 3.36. The minimum absolute atomic E-state index is 0.0878. The number of hydrogen-bond acceptors (Lipinski definition) is 5. The Balaban J connectivity index is 1.37. The van der Waals surface area contributed by atoms with E-state index in [-0.39, 0.29) is 18.2 Å². The van der Waals surface area contributed by atoms with E-state index in [0.717, 1.165) is 40.7 Å². The lowest BCUT2D eigenvalue weighted by Gasteiger charge is -2.15. The largest absolute Gasteiger partial charge is 0.467 e. The fourth-order valence-corrected chi connectivity index (χ4v) is 3.86. The molecule has 0 atom stereocenters. The molecular formula is C20H19N3O3S. The van der Waals surface area contributed by atoms with Crippen LogP contribution in [0.3, 0.4) is 0 Å². The third-order valence-electron chi connectivity index (χ3n) is 4.45. The Labute approximate surface area is 160 Å². The van der Waals surface area contributed by atoms with Crippen molar-refractivity contribution < 1.29 is 14.0 Å². The SMILES string of the molecule is O=C(Cc1nc(-c2ccc(N3CCCC3=O)cc2)cs1)NCc1ccco1. The molecule has 1 N–H and O–H groups in total. The van der Waals surface area contributed by atoms with Gasteiger partial charge < -0.3 is 14.6 Å². The van der Waals surface area contributed by atoms with Gasteiger partial charge in [0.25, 0.3) is 0 Å². The summed E-state index contributed by atoms with van der Waals surface area (Å²) in [5, 5.41) is 5.54. The lowest BCUT2D eigenvalue weighted by atomic mass is 10.1. The topological polar surface area (TPSA) is 75.4 Å². The molecule has 1 aliphatic heterocycles. The Morgan fingerprint density at radius 1 is 1.26 bits per heavy atom. The third kappa shape index (κ3) is 4.09. The molecule has 4 rings (SSSR count). The zero-order chi connectivity index (χ0) is 18.6. The van der Waals surface area contributed by atoms with E-state index in [2.05, 4.69) is 10.3 Å². The second-order valence-electron chi connectivity index (χ2n) is 6.36. The van der Waals surface area contributed by atoms with Gasteiger partial charge in [-0.25, -0.2) is 4.98 Å². The Hall–Kier alpha value is -2.93. The zero-order valence-electron chi connectivity index (χ0n) is 14.7. The third-order valence-corrected chi connectivity index (χ3v) is 5.30. The van der Waals surface area contributed by atoms with Gasteiger partial charge in [0.1, 0.15) is 10.8 Å². The quantitative estimate of drug-likeness (QED) is 0.710. The summed E-state index contributed by atoms with van der Waals surface area (Å²) >= 11 is 1.47. The van der Waals surface area contributed by atoms with Gasteiger partial charge in [-0.3, -0.25) is 9.59 Å². The van der Waals surface area contributed by atoms with Crippen molar-refractivity contribution in [2.75, 3.05) is 11.4 Å². The first kappa shape index (κ1) is 17.5. The minimum Gasteiger partial charge on any atom is -0.467 e. The molecule has 0 bridgehead atoms. The molecule has 7 heteroatoms. The first-order valence-electron chi connectivity index (χ1n) is 8.83. The van der Waals surface area contributed by atoms with Gasteiger partial charge in [-0.1, -0.05) is 12.1 Å². The number of anilines is 1. The van der Waals surface area contributed by atoms with Gasteiger partial charge in [0.05, 0.1) is 24.9 Å². The zero-order valence-corrected chi connectivity index (χ0v) is 15.5. The van der Waals surface area contributed by atoms with E-state index in [9.17, 15) is 9.59 Å². The minimum atomic E-state index is -0.0878. The number of thiazole rings is 1. The number of aromatic nitrogens is 1. The highest BCUT2D eigenvalue weighted by molar-refractivity contribution is 7.10. The van der Waals surface area contributed by atoms with Crippen LogP contribution in [0.2, 0.25) is 0 Å². The van der Waals surface area contributed by atoms with Crippen LogP contribution in [0.1, 0.15) is 23.6 Å². The molecule has 27 heavy (non-hydrogen) atoms. The number of carbonyl (C=O) groups excluding carboxylic acids is 2. The van der Waals surface area contributed by atoms with Crippen LogP contribution in [0.5, 0.6) is 0 Å². The Kier molecular flexibility index (Phi) is 5.02. The van der Waals surface area contributed by atoms with E-state index in [4.69, 9.17) is 4.42 Å². The second-order valence-corrected chi connectivity index (χ2v) is 7.30. The average Bonchev–Trinajstić information content (AvgIpc) is 3.42. The van der Waals surface area contributed by atoms with Crippen molar-refractivity contribution >= 4 is 28.8 Å². The fraction of sp³-hybridized carbons (Fsp3) is 0.250. The molecule has 0 radical (unpaired) electrons. The van der Waals surface area contributed by atoms with Crippen LogP contribution in [-0.2, 0) is 22.6 Å². The highest BCUT2D eigenvalue weighted by Gasteiger charge is 2.21. The van der Waals surface area contributed by atoms with Crippen molar-refractivity contribution in [1.29, 1.82) is 0 Å². The number of nitrogens with zero attached hydrogens (tertiary/aromatic N) is 2. The number of benzene rings is 1. The Morgan fingerprint density at radius 3 is 2.81 bits per heavy atom. The van der Waals surface area contributed by atoms with E-state index in [1.807, 2.05) is 40.6 Å². The number of rotatable bonds is 6. The van der Waals surface area contributed by atoms with Gasteiger partial charge in [0, 0.05) is 29.6 Å². The smallest absolute Gasteiger partial charge is 0.227 e. The molecule has 0 spiro atoms. The molecule has 1 aromatic carbocycles. The highest BCUT2D eigenvalue weighted by Crippen LogP contribution is 2.27. The van der Waals surface area contributed by atoms with Gasteiger partial charge in [-0.05, 0) is 30.7 Å². The summed E-state index contributed by atoms with van der Waals surface area (Å²) in [4.78, 5) is 30.3. The van der Waals surface area contributed by atoms with Crippen LogP contribution in [-0.4, -0.2) is 23.3 Å². The maximum absolute atomic E-state index is 12.1. The Morgan fingerprint density at radius 2 is 2.11 bits per heavy atom. The molecule has 1 aliphatic rings. The molecule has 1 saturated heterocycles. The van der Waals surface area contributed by atoms with Crippen LogP contribution in [0.15, 0.2) is 52.5 Å². The molecule has 3 aromatic rings. The van der Waals surface area contributed by atoms with E-state index < -0.39 is 0 Å². The molecule has 3 heterocycles. The summed E-state index contributed by atoms with van der Waals surface area (Å²) in [5.74, 6) is 0.814. The fourth-order valence-electron chi connectivity index (χ4n) is 3.06. The lowest BCUT2D eigenvalue weighted by Crippen LogP contribution is -2.24. The molecule has 6 nitrogen and oxygen atoms in total. The van der Waals surface area contributed by atoms with Crippen LogP contribution >= 0.6 is 11.3 Å². The van der Waals surface area contributed by atoms with Crippen molar-refractivity contribution in [3.05, 3.63) is 58.8 Å². The molecular weight excluding hydrogens is 362 g/mol. The summed E-state index contributed by atoms with van der Waals surface area (Å²) in [7, 11) is 0.